The van der Waals surface area contributed by atoms with Crippen LogP contribution in [0.15, 0.2) is 30.3 Å². The van der Waals surface area contributed by atoms with E-state index >= 15 is 0 Å². The summed E-state index contributed by atoms with van der Waals surface area (Å²) in [5.74, 6) is -1.36. The lowest BCUT2D eigenvalue weighted by Crippen LogP contribution is -2.42. The highest BCUT2D eigenvalue weighted by atomic mass is 16.4. The summed E-state index contributed by atoms with van der Waals surface area (Å²) < 4.78 is 0. The van der Waals surface area contributed by atoms with Crippen LogP contribution in [-0.4, -0.2) is 23.0 Å². The van der Waals surface area contributed by atoms with Crippen LogP contribution in [0, 0.1) is 5.41 Å². The van der Waals surface area contributed by atoms with E-state index in [2.05, 4.69) is 5.32 Å². The third-order valence-electron chi connectivity index (χ3n) is 3.36. The Kier molecular flexibility index (Phi) is 3.36. The molecule has 0 bridgehead atoms. The zero-order valence-corrected chi connectivity index (χ0v) is 10.3. The van der Waals surface area contributed by atoms with Crippen molar-refractivity contribution >= 4 is 11.9 Å². The Hall–Kier alpha value is -1.84. The van der Waals surface area contributed by atoms with E-state index < -0.39 is 11.4 Å². The van der Waals surface area contributed by atoms with Gasteiger partial charge in [0.2, 0.25) is 5.91 Å². The van der Waals surface area contributed by atoms with Gasteiger partial charge in [-0.25, -0.2) is 0 Å². The maximum absolute atomic E-state index is 11.9. The molecule has 0 radical (unpaired) electrons. The van der Waals surface area contributed by atoms with E-state index in [4.69, 9.17) is 5.11 Å². The monoisotopic (exact) mass is 247 g/mol. The zero-order valence-electron chi connectivity index (χ0n) is 10.3. The Bertz CT molecular complexity index is 451. The van der Waals surface area contributed by atoms with Crippen LogP contribution in [0.2, 0.25) is 0 Å². The van der Waals surface area contributed by atoms with Crippen LogP contribution in [0.25, 0.3) is 0 Å². The van der Waals surface area contributed by atoms with E-state index in [0.717, 1.165) is 5.56 Å². The standard InChI is InChI=1S/C14H17NO3/c1-10(9-11-5-3-2-4-6-11)15-12(16)14(7-8-14)13(17)18/h2-6,10H,7-9H2,1H3,(H,15,16)(H,17,18). The molecule has 0 saturated heterocycles. The summed E-state index contributed by atoms with van der Waals surface area (Å²) in [5, 5.41) is 11.8. The largest absolute Gasteiger partial charge is 0.480 e. The second-order valence-electron chi connectivity index (χ2n) is 4.95. The number of amides is 1. The van der Waals surface area contributed by atoms with Crippen molar-refractivity contribution in [3.8, 4) is 0 Å². The van der Waals surface area contributed by atoms with Crippen molar-refractivity contribution in [1.29, 1.82) is 0 Å². The highest BCUT2D eigenvalue weighted by Gasteiger charge is 2.57. The van der Waals surface area contributed by atoms with E-state index in [9.17, 15) is 9.59 Å². The van der Waals surface area contributed by atoms with Crippen LogP contribution in [-0.2, 0) is 16.0 Å². The number of carboxylic acid groups (broad SMARTS) is 1. The van der Waals surface area contributed by atoms with E-state index in [1.807, 2.05) is 37.3 Å². The van der Waals surface area contributed by atoms with Crippen molar-refractivity contribution in [2.45, 2.75) is 32.2 Å². The van der Waals surface area contributed by atoms with Crippen molar-refractivity contribution in [2.24, 2.45) is 5.41 Å². The molecule has 1 aliphatic rings. The molecule has 1 fully saturated rings. The molecule has 1 atom stereocenters. The Morgan fingerprint density at radius 1 is 1.33 bits per heavy atom. The Labute approximate surface area is 106 Å². The van der Waals surface area contributed by atoms with Crippen molar-refractivity contribution in [3.63, 3.8) is 0 Å². The lowest BCUT2D eigenvalue weighted by molar-refractivity contribution is -0.149. The molecule has 2 rings (SSSR count). The first kappa shape index (κ1) is 12.6. The summed E-state index contributed by atoms with van der Waals surface area (Å²) in [4.78, 5) is 22.9. The fourth-order valence-electron chi connectivity index (χ4n) is 2.04. The first-order chi connectivity index (χ1) is 8.54. The molecule has 1 unspecified atom stereocenters. The van der Waals surface area contributed by atoms with Crippen LogP contribution < -0.4 is 5.32 Å². The molecule has 1 saturated carbocycles. The number of nitrogens with one attached hydrogen (secondary N) is 1. The van der Waals surface area contributed by atoms with E-state index in [-0.39, 0.29) is 11.9 Å². The van der Waals surface area contributed by atoms with Crippen molar-refractivity contribution in [3.05, 3.63) is 35.9 Å². The SMILES string of the molecule is CC(Cc1ccccc1)NC(=O)C1(C(=O)O)CC1. The summed E-state index contributed by atoms with van der Waals surface area (Å²) in [6, 6.07) is 9.76. The molecular weight excluding hydrogens is 230 g/mol. The molecule has 0 heterocycles. The topological polar surface area (TPSA) is 66.4 Å². The number of hydrogen-bond acceptors (Lipinski definition) is 2. The number of benzene rings is 1. The zero-order chi connectivity index (χ0) is 13.2. The first-order valence-corrected chi connectivity index (χ1v) is 6.13. The summed E-state index contributed by atoms with van der Waals surface area (Å²) in [6.45, 7) is 1.89. The van der Waals surface area contributed by atoms with Gasteiger partial charge in [-0.1, -0.05) is 30.3 Å². The number of rotatable bonds is 5. The highest BCUT2D eigenvalue weighted by Crippen LogP contribution is 2.46. The maximum Gasteiger partial charge on any atom is 0.319 e. The molecule has 2 N–H and O–H groups in total. The second kappa shape index (κ2) is 4.80. The minimum absolute atomic E-state index is 0.0586. The van der Waals surface area contributed by atoms with Gasteiger partial charge >= 0.3 is 5.97 Å². The number of aliphatic carboxylic acids is 1. The van der Waals surface area contributed by atoms with Crippen molar-refractivity contribution < 1.29 is 14.7 Å². The van der Waals surface area contributed by atoms with Crippen LogP contribution in [0.3, 0.4) is 0 Å². The highest BCUT2D eigenvalue weighted by molar-refractivity contribution is 6.04. The van der Waals surface area contributed by atoms with Gasteiger partial charge in [0.15, 0.2) is 0 Å². The van der Waals surface area contributed by atoms with Gasteiger partial charge in [0.1, 0.15) is 5.41 Å². The molecule has 96 valence electrons. The van der Waals surface area contributed by atoms with E-state index in [1.54, 1.807) is 0 Å². The summed E-state index contributed by atoms with van der Waals surface area (Å²) in [5.41, 5.74) is -0.0178. The normalized spacial score (nSPS) is 17.8. The molecule has 4 nitrogen and oxygen atoms in total. The third kappa shape index (κ3) is 2.53. The predicted molar refractivity (Wildman–Crippen MR) is 67.1 cm³/mol. The smallest absolute Gasteiger partial charge is 0.319 e. The molecule has 1 aromatic rings. The van der Waals surface area contributed by atoms with Crippen LogP contribution in [0.5, 0.6) is 0 Å². The number of carbonyl (C=O) groups excluding carboxylic acids is 1. The quantitative estimate of drug-likeness (QED) is 0.777. The van der Waals surface area contributed by atoms with Crippen molar-refractivity contribution in [2.75, 3.05) is 0 Å². The number of carbonyl (C=O) groups is 2. The lowest BCUT2D eigenvalue weighted by atomic mass is 10.0. The van der Waals surface area contributed by atoms with Crippen LogP contribution in [0.1, 0.15) is 25.3 Å². The van der Waals surface area contributed by atoms with Gasteiger partial charge in [-0.05, 0) is 31.7 Å². The molecule has 0 spiro atoms. The molecule has 0 aliphatic heterocycles. The summed E-state index contributed by atoms with van der Waals surface area (Å²) >= 11 is 0. The molecule has 1 aromatic carbocycles. The molecule has 18 heavy (non-hydrogen) atoms. The van der Waals surface area contributed by atoms with Crippen molar-refractivity contribution in [1.82, 2.24) is 5.32 Å². The molecule has 0 aromatic heterocycles. The maximum atomic E-state index is 11.9. The number of hydrogen-bond donors (Lipinski definition) is 2. The summed E-state index contributed by atoms with van der Waals surface area (Å²) in [6.07, 6.45) is 1.61. The Morgan fingerprint density at radius 2 is 1.94 bits per heavy atom. The Morgan fingerprint density at radius 3 is 2.44 bits per heavy atom. The van der Waals surface area contributed by atoms with Gasteiger partial charge in [-0.3, -0.25) is 9.59 Å². The van der Waals surface area contributed by atoms with E-state index in [0.29, 0.717) is 19.3 Å². The number of carboxylic acids is 1. The van der Waals surface area contributed by atoms with Gasteiger partial charge in [0.05, 0.1) is 0 Å². The second-order valence-corrected chi connectivity index (χ2v) is 4.95. The average molecular weight is 247 g/mol. The third-order valence-corrected chi connectivity index (χ3v) is 3.36. The lowest BCUT2D eigenvalue weighted by Gasteiger charge is -2.17. The average Bonchev–Trinajstić information content (AvgIpc) is 3.11. The van der Waals surface area contributed by atoms with Crippen LogP contribution >= 0.6 is 0 Å². The first-order valence-electron chi connectivity index (χ1n) is 6.13. The van der Waals surface area contributed by atoms with Gasteiger partial charge in [-0.2, -0.15) is 0 Å². The predicted octanol–water partition coefficient (Wildman–Crippen LogP) is 1.60. The van der Waals surface area contributed by atoms with E-state index in [1.165, 1.54) is 0 Å². The minimum Gasteiger partial charge on any atom is -0.480 e. The molecule has 1 aliphatic carbocycles. The van der Waals surface area contributed by atoms with Crippen LogP contribution in [0.4, 0.5) is 0 Å². The fraction of sp³-hybridized carbons (Fsp3) is 0.429. The Balaban J connectivity index is 1.90. The molecule has 1 amide bonds. The fourth-order valence-corrected chi connectivity index (χ4v) is 2.04. The molecular formula is C14H17NO3. The van der Waals surface area contributed by atoms with Gasteiger partial charge in [-0.15, -0.1) is 0 Å². The van der Waals surface area contributed by atoms with Gasteiger partial charge in [0.25, 0.3) is 0 Å². The van der Waals surface area contributed by atoms with Gasteiger partial charge in [0, 0.05) is 6.04 Å². The molecule has 4 heteroatoms. The minimum atomic E-state index is -1.15. The van der Waals surface area contributed by atoms with Gasteiger partial charge < -0.3 is 10.4 Å². The summed E-state index contributed by atoms with van der Waals surface area (Å²) in [7, 11) is 0.